The minimum Gasteiger partial charge on any atom is -0.366 e. The van der Waals surface area contributed by atoms with E-state index in [1.807, 2.05) is 0 Å². The fraction of sp³-hybridized carbons (Fsp3) is 0.0769. The molecule has 1 aromatic carbocycles. The van der Waals surface area contributed by atoms with Gasteiger partial charge in [-0.25, -0.2) is 8.42 Å². The lowest BCUT2D eigenvalue weighted by Gasteiger charge is -2.11. The molecule has 0 radical (unpaired) electrons. The molecule has 1 heterocycles. The van der Waals surface area contributed by atoms with Crippen LogP contribution in [0.1, 0.15) is 15.9 Å². The number of nitrogens with one attached hydrogen (secondary N) is 2. The average Bonchev–Trinajstić information content (AvgIpc) is 2.41. The van der Waals surface area contributed by atoms with Gasteiger partial charge in [0.25, 0.3) is 10.0 Å². The third-order valence-electron chi connectivity index (χ3n) is 2.82. The summed E-state index contributed by atoms with van der Waals surface area (Å²) >= 11 is 0. The number of aromatic amines is 1. The number of hydrogen-bond acceptors (Lipinski definition) is 4. The molecule has 0 aliphatic heterocycles. The standard InChI is InChI=1S/C13H13N3O4S/c1-8-6-9(13(14)18)2-4-11(8)16-21(19,20)10-3-5-12(17)15-7-10/h2-7,16H,1H3,(H2,14,18)(H,15,17). The van der Waals surface area contributed by atoms with Gasteiger partial charge in [-0.3, -0.25) is 14.3 Å². The van der Waals surface area contributed by atoms with Crippen LogP contribution in [0.4, 0.5) is 5.69 Å². The molecule has 0 spiro atoms. The highest BCUT2D eigenvalue weighted by molar-refractivity contribution is 7.92. The van der Waals surface area contributed by atoms with Crippen molar-refractivity contribution in [1.29, 1.82) is 0 Å². The zero-order chi connectivity index (χ0) is 15.6. The van der Waals surface area contributed by atoms with E-state index in [-0.39, 0.29) is 4.90 Å². The van der Waals surface area contributed by atoms with Gasteiger partial charge < -0.3 is 10.7 Å². The van der Waals surface area contributed by atoms with Gasteiger partial charge in [0.2, 0.25) is 11.5 Å². The van der Waals surface area contributed by atoms with Crippen LogP contribution in [0.5, 0.6) is 0 Å². The van der Waals surface area contributed by atoms with Crippen LogP contribution < -0.4 is 16.0 Å². The molecule has 2 aromatic rings. The lowest BCUT2D eigenvalue weighted by atomic mass is 10.1. The van der Waals surface area contributed by atoms with E-state index in [9.17, 15) is 18.0 Å². The van der Waals surface area contributed by atoms with Crippen LogP contribution >= 0.6 is 0 Å². The van der Waals surface area contributed by atoms with Gasteiger partial charge in [0.05, 0.1) is 5.69 Å². The van der Waals surface area contributed by atoms with E-state index in [0.29, 0.717) is 16.8 Å². The first-order valence-corrected chi connectivity index (χ1v) is 7.40. The minimum atomic E-state index is -3.82. The molecule has 21 heavy (non-hydrogen) atoms. The third kappa shape index (κ3) is 3.29. The zero-order valence-corrected chi connectivity index (χ0v) is 11.9. The second kappa shape index (κ2) is 5.41. The van der Waals surface area contributed by atoms with Crippen molar-refractivity contribution in [3.63, 3.8) is 0 Å². The molecule has 0 saturated carbocycles. The predicted molar refractivity (Wildman–Crippen MR) is 77.6 cm³/mol. The molecule has 0 aliphatic carbocycles. The van der Waals surface area contributed by atoms with E-state index in [1.165, 1.54) is 24.3 Å². The molecule has 2 rings (SSSR count). The molecule has 4 N–H and O–H groups in total. The van der Waals surface area contributed by atoms with Crippen LogP contribution in [0, 0.1) is 6.92 Å². The van der Waals surface area contributed by atoms with Crippen LogP contribution in [0.3, 0.4) is 0 Å². The topological polar surface area (TPSA) is 122 Å². The zero-order valence-electron chi connectivity index (χ0n) is 11.1. The normalized spacial score (nSPS) is 11.1. The van der Waals surface area contributed by atoms with Gasteiger partial charge in [-0.1, -0.05) is 0 Å². The van der Waals surface area contributed by atoms with E-state index in [0.717, 1.165) is 12.3 Å². The number of carbonyl (C=O) groups is 1. The monoisotopic (exact) mass is 307 g/mol. The molecular formula is C13H13N3O4S. The molecular weight excluding hydrogens is 294 g/mol. The summed E-state index contributed by atoms with van der Waals surface area (Å²) in [4.78, 5) is 24.2. The number of rotatable bonds is 4. The molecule has 0 fully saturated rings. The first-order chi connectivity index (χ1) is 9.79. The Morgan fingerprint density at radius 1 is 1.24 bits per heavy atom. The Labute approximate surface area is 120 Å². The smallest absolute Gasteiger partial charge is 0.263 e. The van der Waals surface area contributed by atoms with Crippen LogP contribution in [0.2, 0.25) is 0 Å². The van der Waals surface area contributed by atoms with Gasteiger partial charge in [0.15, 0.2) is 0 Å². The number of pyridine rings is 1. The van der Waals surface area contributed by atoms with Crippen LogP contribution in [0.15, 0.2) is 46.2 Å². The summed E-state index contributed by atoms with van der Waals surface area (Å²) in [7, 11) is -3.82. The molecule has 7 nitrogen and oxygen atoms in total. The van der Waals surface area contributed by atoms with Crippen molar-refractivity contribution in [2.75, 3.05) is 4.72 Å². The number of nitrogens with two attached hydrogens (primary N) is 1. The van der Waals surface area contributed by atoms with Crippen molar-refractivity contribution in [3.8, 4) is 0 Å². The van der Waals surface area contributed by atoms with E-state index in [1.54, 1.807) is 6.92 Å². The maximum Gasteiger partial charge on any atom is 0.263 e. The largest absolute Gasteiger partial charge is 0.366 e. The second-order valence-electron chi connectivity index (χ2n) is 4.39. The van der Waals surface area contributed by atoms with Gasteiger partial charge in [-0.2, -0.15) is 0 Å². The van der Waals surface area contributed by atoms with Gasteiger partial charge >= 0.3 is 0 Å². The number of anilines is 1. The summed E-state index contributed by atoms with van der Waals surface area (Å²) < 4.78 is 26.7. The number of aromatic nitrogens is 1. The summed E-state index contributed by atoms with van der Waals surface area (Å²) in [5, 5.41) is 0. The third-order valence-corrected chi connectivity index (χ3v) is 4.18. The average molecular weight is 307 g/mol. The Kier molecular flexibility index (Phi) is 3.81. The molecule has 0 unspecified atom stereocenters. The minimum absolute atomic E-state index is 0.0690. The number of carbonyl (C=O) groups excluding carboxylic acids is 1. The number of primary amides is 1. The molecule has 1 amide bonds. The summed E-state index contributed by atoms with van der Waals surface area (Å²) in [5.41, 5.74) is 5.93. The first-order valence-electron chi connectivity index (χ1n) is 5.91. The van der Waals surface area contributed by atoms with Crippen LogP contribution in [-0.4, -0.2) is 19.3 Å². The Morgan fingerprint density at radius 3 is 2.48 bits per heavy atom. The lowest BCUT2D eigenvalue weighted by molar-refractivity contribution is 0.1000. The second-order valence-corrected chi connectivity index (χ2v) is 6.07. The van der Waals surface area contributed by atoms with E-state index >= 15 is 0 Å². The van der Waals surface area contributed by atoms with Crippen molar-refractivity contribution in [2.45, 2.75) is 11.8 Å². The van der Waals surface area contributed by atoms with Gasteiger partial charge in [0, 0.05) is 17.8 Å². The number of H-pyrrole nitrogens is 1. The lowest BCUT2D eigenvalue weighted by Crippen LogP contribution is -2.16. The molecule has 1 aromatic heterocycles. The number of hydrogen-bond donors (Lipinski definition) is 3. The van der Waals surface area contributed by atoms with Crippen molar-refractivity contribution >= 4 is 21.6 Å². The first kappa shape index (κ1) is 14.8. The van der Waals surface area contributed by atoms with Crippen molar-refractivity contribution in [2.24, 2.45) is 5.73 Å². The molecule has 0 atom stereocenters. The molecule has 0 saturated heterocycles. The van der Waals surface area contributed by atoms with Gasteiger partial charge in [-0.15, -0.1) is 0 Å². The Hall–Kier alpha value is -2.61. The highest BCUT2D eigenvalue weighted by Gasteiger charge is 2.15. The van der Waals surface area contributed by atoms with Gasteiger partial charge in [-0.05, 0) is 36.8 Å². The summed E-state index contributed by atoms with van der Waals surface area (Å²) in [6, 6.07) is 6.71. The number of amides is 1. The van der Waals surface area contributed by atoms with Crippen molar-refractivity contribution in [1.82, 2.24) is 4.98 Å². The maximum atomic E-state index is 12.2. The molecule has 110 valence electrons. The molecule has 0 aliphatic rings. The Balaban J connectivity index is 2.35. The van der Waals surface area contributed by atoms with Crippen LogP contribution in [-0.2, 0) is 10.0 Å². The molecule has 8 heteroatoms. The Bertz CT molecular complexity index is 835. The summed E-state index contributed by atoms with van der Waals surface area (Å²) in [6.45, 7) is 1.65. The number of benzene rings is 1. The van der Waals surface area contributed by atoms with Crippen molar-refractivity contribution in [3.05, 3.63) is 58.0 Å². The SMILES string of the molecule is Cc1cc(C(N)=O)ccc1NS(=O)(=O)c1ccc(=O)[nH]c1. The highest BCUT2D eigenvalue weighted by Crippen LogP contribution is 2.20. The fourth-order valence-electron chi connectivity index (χ4n) is 1.70. The molecule has 0 bridgehead atoms. The number of sulfonamides is 1. The van der Waals surface area contributed by atoms with Gasteiger partial charge in [0.1, 0.15) is 4.90 Å². The quantitative estimate of drug-likeness (QED) is 0.764. The maximum absolute atomic E-state index is 12.2. The van der Waals surface area contributed by atoms with E-state index in [4.69, 9.17) is 5.73 Å². The fourth-order valence-corrected chi connectivity index (χ4v) is 2.80. The van der Waals surface area contributed by atoms with E-state index in [2.05, 4.69) is 9.71 Å². The predicted octanol–water partition coefficient (Wildman–Crippen LogP) is 0.583. The summed E-state index contributed by atoms with van der Waals surface area (Å²) in [5.74, 6) is -0.590. The Morgan fingerprint density at radius 2 is 1.95 bits per heavy atom. The summed E-state index contributed by atoms with van der Waals surface area (Å²) in [6.07, 6.45) is 1.11. The highest BCUT2D eigenvalue weighted by atomic mass is 32.2. The number of aryl methyl sites for hydroxylation is 1. The van der Waals surface area contributed by atoms with Crippen LogP contribution in [0.25, 0.3) is 0 Å². The van der Waals surface area contributed by atoms with Crippen molar-refractivity contribution < 1.29 is 13.2 Å². The van der Waals surface area contributed by atoms with E-state index < -0.39 is 21.5 Å².